The normalized spacial score (nSPS) is 27.8. The summed E-state index contributed by atoms with van der Waals surface area (Å²) in [5, 5.41) is 24.8. The third kappa shape index (κ3) is 11.1. The fraction of sp³-hybridized carbons (Fsp3) is 0.544. The molecule has 1 aromatic heterocycles. The number of β-amino-alcohol motifs (C(OH)–C–C–N with tert-alkyl or cyclic N) is 1. The highest BCUT2D eigenvalue weighted by Gasteiger charge is 2.61. The number of carbonyl (C=O) groups is 5. The summed E-state index contributed by atoms with van der Waals surface area (Å²) in [6.45, 7) is 13.0. The molecule has 15 nitrogen and oxygen atoms in total. The van der Waals surface area contributed by atoms with E-state index in [-0.39, 0.29) is 93.1 Å². The van der Waals surface area contributed by atoms with Crippen LogP contribution in [0, 0.1) is 46.8 Å². The Morgan fingerprint density at radius 2 is 1.71 bits per heavy atom. The Morgan fingerprint density at radius 1 is 0.932 bits per heavy atom. The standard InChI is InChI=1S/C57H72N6O9S/c1-34-50(73-33-59-34)37-12-10-35(11-13-37)30-58-53(68)46-28-38(64)31-63(46)54(69)51(55(2,3)4)62-49(66)32-71-25-24-70-26-27-72-39-15-14-36-8-7-9-45(41(36)29-39)60-52(67)44-18-17-42-40-16-19-47-57(6,23-21-48(65)61-47)43(40)20-22-56(42,44)5/h7-15,21,23,29,33,38,40,42-44,46-47,51,64H,16-20,22,24-28,30-32H2,1-6H3,(H,58,68)(H,60,67)(H,61,65)(H,62,66)/t38-,40+,42+,43+,44-,46+,47-,51-,56+,57-/m1/s1. The number of ether oxygens (including phenoxy) is 3. The third-order valence-electron chi connectivity index (χ3n) is 16.9. The lowest BCUT2D eigenvalue weighted by Gasteiger charge is -2.58. The van der Waals surface area contributed by atoms with Crippen molar-refractivity contribution in [3.63, 3.8) is 0 Å². The summed E-state index contributed by atoms with van der Waals surface area (Å²) < 4.78 is 17.5. The molecule has 4 fully saturated rings. The zero-order chi connectivity index (χ0) is 51.7. The van der Waals surface area contributed by atoms with Crippen LogP contribution < -0.4 is 26.0 Å². The van der Waals surface area contributed by atoms with E-state index in [0.29, 0.717) is 23.5 Å². The monoisotopic (exact) mass is 1020 g/mol. The van der Waals surface area contributed by atoms with Crippen molar-refractivity contribution in [2.45, 2.75) is 117 Å². The van der Waals surface area contributed by atoms with Crippen LogP contribution in [-0.2, 0) is 40.0 Å². The molecule has 9 rings (SSSR count). The molecule has 0 unspecified atom stereocenters. The van der Waals surface area contributed by atoms with E-state index < -0.39 is 35.4 Å². The van der Waals surface area contributed by atoms with Crippen LogP contribution in [0.25, 0.3) is 21.2 Å². The summed E-state index contributed by atoms with van der Waals surface area (Å²) in [6.07, 6.45) is 9.17. The molecule has 5 aliphatic rings. The molecule has 16 heteroatoms. The van der Waals surface area contributed by atoms with Gasteiger partial charge in [0.05, 0.1) is 42.0 Å². The maximum Gasteiger partial charge on any atom is 0.246 e. The average molecular weight is 1020 g/mol. The van der Waals surface area contributed by atoms with Crippen molar-refractivity contribution in [2.75, 3.05) is 44.9 Å². The van der Waals surface area contributed by atoms with Gasteiger partial charge in [0.2, 0.25) is 29.5 Å². The number of amides is 5. The smallest absolute Gasteiger partial charge is 0.246 e. The van der Waals surface area contributed by atoms with E-state index in [1.165, 1.54) is 4.90 Å². The van der Waals surface area contributed by atoms with Gasteiger partial charge in [0.1, 0.15) is 31.0 Å². The molecular weight excluding hydrogens is 945 g/mol. The van der Waals surface area contributed by atoms with Gasteiger partial charge >= 0.3 is 0 Å². The molecule has 0 spiro atoms. The van der Waals surface area contributed by atoms with Crippen molar-refractivity contribution in [3.8, 4) is 16.2 Å². The van der Waals surface area contributed by atoms with Gasteiger partial charge in [-0.1, -0.05) is 83.2 Å². The number of carbonyl (C=O) groups excluding carboxylic acids is 5. The van der Waals surface area contributed by atoms with E-state index in [2.05, 4.69) is 46.2 Å². The molecule has 3 aliphatic carbocycles. The predicted octanol–water partition coefficient (Wildman–Crippen LogP) is 7.34. The Morgan fingerprint density at radius 3 is 2.48 bits per heavy atom. The number of nitrogens with zero attached hydrogens (tertiary/aromatic N) is 2. The zero-order valence-electron chi connectivity index (χ0n) is 43.0. The van der Waals surface area contributed by atoms with E-state index >= 15 is 0 Å². The van der Waals surface area contributed by atoms with Gasteiger partial charge in [0.25, 0.3) is 0 Å². The Labute approximate surface area is 432 Å². The summed E-state index contributed by atoms with van der Waals surface area (Å²) >= 11 is 1.57. The molecular formula is C57H72N6O9S. The van der Waals surface area contributed by atoms with Crippen molar-refractivity contribution in [1.29, 1.82) is 0 Å². The number of anilines is 1. The van der Waals surface area contributed by atoms with E-state index in [1.807, 2.05) is 93.9 Å². The minimum absolute atomic E-state index is 0.0162. The number of aliphatic hydroxyl groups is 1. The third-order valence-corrected chi connectivity index (χ3v) is 17.9. The number of hydrogen-bond donors (Lipinski definition) is 5. The maximum absolute atomic E-state index is 14.3. The number of likely N-dealkylation sites (tertiary alicyclic amines) is 1. The van der Waals surface area contributed by atoms with Crippen molar-refractivity contribution < 1.29 is 43.3 Å². The largest absolute Gasteiger partial charge is 0.491 e. The number of aromatic nitrogens is 1. The molecule has 1 saturated heterocycles. The van der Waals surface area contributed by atoms with Gasteiger partial charge in [-0.05, 0) is 115 Å². The van der Waals surface area contributed by atoms with Gasteiger partial charge in [0.15, 0.2) is 0 Å². The van der Waals surface area contributed by atoms with Gasteiger partial charge in [-0.25, -0.2) is 4.98 Å². The number of rotatable bonds is 17. The first-order chi connectivity index (χ1) is 34.9. The first-order valence-electron chi connectivity index (χ1n) is 26.1. The molecule has 390 valence electrons. The van der Waals surface area contributed by atoms with Crippen molar-refractivity contribution >= 4 is 57.3 Å². The summed E-state index contributed by atoms with van der Waals surface area (Å²) in [4.78, 5) is 73.9. The lowest BCUT2D eigenvalue weighted by atomic mass is 9.48. The maximum atomic E-state index is 14.3. The Bertz CT molecular complexity index is 2720. The second kappa shape index (κ2) is 21.7. The van der Waals surface area contributed by atoms with Crippen LogP contribution in [0.5, 0.6) is 5.75 Å². The minimum Gasteiger partial charge on any atom is -0.491 e. The molecule has 4 aromatic rings. The summed E-state index contributed by atoms with van der Waals surface area (Å²) in [7, 11) is 0. The SMILES string of the molecule is Cc1ncsc1-c1ccc(CNC(=O)[C@@H]2C[C@@H](O)CN2C(=O)[C@@H](NC(=O)COCCOCCOc2ccc3cccc(NC(=O)[C@H]4CC[C@H]5[C@@H]6CC[C@H]7NC(=O)C=C[C@]7(C)[C@H]6CC[C@]45C)c3c2)C(C)(C)C)cc1. The quantitative estimate of drug-likeness (QED) is 0.0668. The molecule has 2 aliphatic heterocycles. The van der Waals surface area contributed by atoms with Crippen LogP contribution in [0.2, 0.25) is 0 Å². The Hall–Kier alpha value is -5.68. The Balaban J connectivity index is 0.704. The second-order valence-corrected chi connectivity index (χ2v) is 23.4. The highest BCUT2D eigenvalue weighted by molar-refractivity contribution is 7.13. The Kier molecular flexibility index (Phi) is 15.5. The second-order valence-electron chi connectivity index (χ2n) is 22.5. The van der Waals surface area contributed by atoms with E-state index in [9.17, 15) is 29.1 Å². The first kappa shape index (κ1) is 52.2. The summed E-state index contributed by atoms with van der Waals surface area (Å²) in [5.41, 5.74) is 4.65. The van der Waals surface area contributed by atoms with Crippen molar-refractivity contribution in [1.82, 2.24) is 25.8 Å². The molecule has 5 amide bonds. The topological polar surface area (TPSA) is 198 Å². The number of benzene rings is 3. The molecule has 3 saturated carbocycles. The molecule has 0 radical (unpaired) electrons. The van der Waals surface area contributed by atoms with Gasteiger partial charge in [-0.2, -0.15) is 0 Å². The number of aliphatic hydroxyl groups excluding tert-OH is 1. The highest BCUT2D eigenvalue weighted by Crippen LogP contribution is 2.65. The van der Waals surface area contributed by atoms with Crippen LogP contribution in [0.1, 0.15) is 90.8 Å². The van der Waals surface area contributed by atoms with Crippen LogP contribution in [0.15, 0.2) is 78.3 Å². The summed E-state index contributed by atoms with van der Waals surface area (Å²) in [5.74, 6) is 0.879. The zero-order valence-corrected chi connectivity index (χ0v) is 43.9. The number of nitrogens with one attached hydrogen (secondary N) is 4. The molecule has 73 heavy (non-hydrogen) atoms. The molecule has 3 aromatic carbocycles. The minimum atomic E-state index is -0.978. The first-order valence-corrected chi connectivity index (χ1v) is 27.0. The number of hydrogen-bond acceptors (Lipinski definition) is 11. The number of aryl methyl sites for hydroxylation is 1. The van der Waals surface area contributed by atoms with Crippen LogP contribution in [0.4, 0.5) is 5.69 Å². The average Bonchev–Trinajstić information content (AvgIpc) is 4.09. The fourth-order valence-corrected chi connectivity index (χ4v) is 13.8. The van der Waals surface area contributed by atoms with Gasteiger partial charge in [-0.3, -0.25) is 24.0 Å². The van der Waals surface area contributed by atoms with Crippen LogP contribution in [0.3, 0.4) is 0 Å². The van der Waals surface area contributed by atoms with Gasteiger partial charge < -0.3 is 45.5 Å². The number of thiazole rings is 1. The molecule has 3 heterocycles. The lowest BCUT2D eigenvalue weighted by molar-refractivity contribution is -0.144. The van der Waals surface area contributed by atoms with Crippen LogP contribution in [-0.4, -0.2) is 108 Å². The van der Waals surface area contributed by atoms with E-state index in [1.54, 1.807) is 17.4 Å². The van der Waals surface area contributed by atoms with Gasteiger partial charge in [0, 0.05) is 48.0 Å². The van der Waals surface area contributed by atoms with E-state index in [0.717, 1.165) is 76.7 Å². The number of fused-ring (bicyclic) bond motifs is 6. The molecule has 0 bridgehead atoms. The predicted molar refractivity (Wildman–Crippen MR) is 280 cm³/mol. The van der Waals surface area contributed by atoms with E-state index in [4.69, 9.17) is 14.2 Å². The van der Waals surface area contributed by atoms with Crippen molar-refractivity contribution in [2.24, 2.45) is 39.9 Å². The van der Waals surface area contributed by atoms with Crippen molar-refractivity contribution in [3.05, 3.63) is 89.6 Å². The lowest BCUT2D eigenvalue weighted by Crippen LogP contribution is -2.59. The highest BCUT2D eigenvalue weighted by atomic mass is 32.1. The van der Waals surface area contributed by atoms with Crippen LogP contribution >= 0.6 is 11.3 Å². The fourth-order valence-electron chi connectivity index (χ4n) is 13.0. The van der Waals surface area contributed by atoms with Gasteiger partial charge in [-0.15, -0.1) is 11.3 Å². The molecule has 10 atom stereocenters. The summed E-state index contributed by atoms with van der Waals surface area (Å²) in [6, 6.07) is 18.0. The molecule has 5 N–H and O–H groups in total.